The molecule has 0 fully saturated rings. The van der Waals surface area contributed by atoms with Crippen LogP contribution in [0.5, 0.6) is 0 Å². The Morgan fingerprint density at radius 2 is 1.79 bits per heavy atom. The fraction of sp³-hybridized carbons (Fsp3) is 0.318. The van der Waals surface area contributed by atoms with E-state index in [1.54, 1.807) is 7.05 Å². The van der Waals surface area contributed by atoms with E-state index in [2.05, 4.69) is 63.9 Å². The third kappa shape index (κ3) is 6.71. The van der Waals surface area contributed by atoms with Gasteiger partial charge < -0.3 is 20.5 Å². The molecule has 1 heterocycles. The van der Waals surface area contributed by atoms with Gasteiger partial charge in [-0.15, -0.1) is 24.0 Å². The summed E-state index contributed by atoms with van der Waals surface area (Å²) in [5.41, 5.74) is 4.50. The lowest BCUT2D eigenvalue weighted by molar-refractivity contribution is 0.402. The zero-order chi connectivity index (χ0) is 19.9. The van der Waals surface area contributed by atoms with Gasteiger partial charge in [0.15, 0.2) is 5.96 Å². The van der Waals surface area contributed by atoms with Crippen LogP contribution in [0.4, 0.5) is 4.39 Å². The summed E-state index contributed by atoms with van der Waals surface area (Å²) in [5, 5.41) is 7.74. The number of rotatable bonds is 7. The Labute approximate surface area is 188 Å². The summed E-state index contributed by atoms with van der Waals surface area (Å²) in [7, 11) is 5.91. The van der Waals surface area contributed by atoms with Crippen LogP contribution in [0.3, 0.4) is 0 Å². The fourth-order valence-corrected chi connectivity index (χ4v) is 3.22. The Morgan fingerprint density at radius 1 is 1.07 bits per heavy atom. The molecule has 156 valence electrons. The Bertz CT molecular complexity index is 934. The minimum atomic E-state index is -0.224. The molecular weight excluding hydrogens is 480 g/mol. The maximum atomic E-state index is 13.3. The summed E-state index contributed by atoms with van der Waals surface area (Å²) in [5.74, 6) is 0.543. The monoisotopic (exact) mass is 509 g/mol. The van der Waals surface area contributed by atoms with Crippen LogP contribution >= 0.6 is 24.0 Å². The number of aromatic amines is 1. The number of benzene rings is 2. The zero-order valence-electron chi connectivity index (χ0n) is 17.1. The lowest BCUT2D eigenvalue weighted by Gasteiger charge is -2.13. The molecule has 3 N–H and O–H groups in total. The molecule has 3 rings (SSSR count). The quantitative estimate of drug-likeness (QED) is 0.258. The first kappa shape index (κ1) is 23.2. The minimum Gasteiger partial charge on any atom is -0.361 e. The van der Waals surface area contributed by atoms with Crippen molar-refractivity contribution in [2.75, 3.05) is 27.7 Å². The van der Waals surface area contributed by atoms with E-state index in [1.807, 2.05) is 12.3 Å². The molecule has 0 unspecified atom stereocenters. The number of fused-ring (bicyclic) bond motifs is 1. The van der Waals surface area contributed by atoms with E-state index >= 15 is 0 Å². The predicted octanol–water partition coefficient (Wildman–Crippen LogP) is 3.89. The molecule has 0 bridgehead atoms. The van der Waals surface area contributed by atoms with Gasteiger partial charge in [-0.25, -0.2) is 4.39 Å². The van der Waals surface area contributed by atoms with E-state index in [1.165, 1.54) is 23.3 Å². The normalized spacial score (nSPS) is 11.6. The average Bonchev–Trinajstić information content (AvgIpc) is 3.07. The minimum absolute atomic E-state index is 0. The SMILES string of the molecule is CN=C(NCCc1c[nH]c2cc(F)ccc12)NCc1ccc(CN(C)C)cc1.I. The Hall–Kier alpha value is -2.13. The Balaban J connectivity index is 0.00000300. The molecule has 1 aromatic heterocycles. The average molecular weight is 509 g/mol. The summed E-state index contributed by atoms with van der Waals surface area (Å²) >= 11 is 0. The number of H-pyrrole nitrogens is 1. The topological polar surface area (TPSA) is 55.5 Å². The largest absolute Gasteiger partial charge is 0.361 e. The van der Waals surface area contributed by atoms with Crippen molar-refractivity contribution in [3.05, 3.63) is 71.2 Å². The summed E-state index contributed by atoms with van der Waals surface area (Å²) in [6.07, 6.45) is 2.77. The predicted molar refractivity (Wildman–Crippen MR) is 129 cm³/mol. The molecule has 7 heteroatoms. The van der Waals surface area contributed by atoms with Crippen LogP contribution in [-0.2, 0) is 19.5 Å². The number of guanidine groups is 1. The van der Waals surface area contributed by atoms with Gasteiger partial charge in [0.1, 0.15) is 5.82 Å². The van der Waals surface area contributed by atoms with Gasteiger partial charge in [-0.3, -0.25) is 4.99 Å². The number of hydrogen-bond acceptors (Lipinski definition) is 2. The van der Waals surface area contributed by atoms with Gasteiger partial charge >= 0.3 is 0 Å². The van der Waals surface area contributed by atoms with Gasteiger partial charge in [-0.1, -0.05) is 24.3 Å². The summed E-state index contributed by atoms with van der Waals surface area (Å²) in [4.78, 5) is 9.57. The molecule has 0 atom stereocenters. The van der Waals surface area contributed by atoms with E-state index in [-0.39, 0.29) is 29.8 Å². The summed E-state index contributed by atoms with van der Waals surface area (Å²) < 4.78 is 13.3. The number of aromatic nitrogens is 1. The van der Waals surface area contributed by atoms with E-state index < -0.39 is 0 Å². The highest BCUT2D eigenvalue weighted by molar-refractivity contribution is 14.0. The molecular formula is C22H29FIN5. The second-order valence-corrected chi connectivity index (χ2v) is 7.16. The lowest BCUT2D eigenvalue weighted by atomic mass is 10.1. The van der Waals surface area contributed by atoms with Crippen LogP contribution in [0.2, 0.25) is 0 Å². The van der Waals surface area contributed by atoms with Gasteiger partial charge in [0.2, 0.25) is 0 Å². The summed E-state index contributed by atoms with van der Waals surface area (Å²) in [6.45, 7) is 2.40. The van der Waals surface area contributed by atoms with Gasteiger partial charge in [-0.05, 0) is 55.4 Å². The van der Waals surface area contributed by atoms with Gasteiger partial charge in [0.25, 0.3) is 0 Å². The van der Waals surface area contributed by atoms with E-state index in [0.29, 0.717) is 6.54 Å². The van der Waals surface area contributed by atoms with Crippen LogP contribution in [-0.4, -0.2) is 43.5 Å². The van der Waals surface area contributed by atoms with Crippen molar-refractivity contribution in [2.45, 2.75) is 19.5 Å². The number of hydrogen-bond donors (Lipinski definition) is 3. The molecule has 0 aliphatic heterocycles. The molecule has 0 radical (unpaired) electrons. The van der Waals surface area contributed by atoms with Crippen molar-refractivity contribution in [1.29, 1.82) is 0 Å². The van der Waals surface area contributed by atoms with Crippen LogP contribution in [0.15, 0.2) is 53.7 Å². The highest BCUT2D eigenvalue weighted by Gasteiger charge is 2.05. The highest BCUT2D eigenvalue weighted by Crippen LogP contribution is 2.19. The number of nitrogens with one attached hydrogen (secondary N) is 3. The van der Waals surface area contributed by atoms with Gasteiger partial charge in [0.05, 0.1) is 0 Å². The molecule has 0 aliphatic rings. The van der Waals surface area contributed by atoms with Crippen LogP contribution in [0.1, 0.15) is 16.7 Å². The second-order valence-electron chi connectivity index (χ2n) is 7.16. The first-order valence-corrected chi connectivity index (χ1v) is 9.47. The maximum absolute atomic E-state index is 13.3. The fourth-order valence-electron chi connectivity index (χ4n) is 3.22. The van der Waals surface area contributed by atoms with Gasteiger partial charge in [-0.2, -0.15) is 0 Å². The van der Waals surface area contributed by atoms with Crippen LogP contribution in [0.25, 0.3) is 10.9 Å². The second kappa shape index (κ2) is 11.2. The standard InChI is InChI=1S/C22H28FN5.HI/c1-24-22(27-13-16-4-6-17(7-5-16)15-28(2)3)25-11-10-18-14-26-21-12-19(23)8-9-20(18)21;/h4-9,12,14,26H,10-11,13,15H2,1-3H3,(H2,24,25,27);1H. The first-order valence-electron chi connectivity index (χ1n) is 9.47. The molecule has 0 saturated heterocycles. The van der Waals surface area contributed by atoms with Crippen molar-refractivity contribution < 1.29 is 4.39 Å². The Morgan fingerprint density at radius 3 is 2.48 bits per heavy atom. The molecule has 2 aromatic carbocycles. The van der Waals surface area contributed by atoms with Crippen molar-refractivity contribution in [2.24, 2.45) is 4.99 Å². The lowest BCUT2D eigenvalue weighted by Crippen LogP contribution is -2.37. The number of halogens is 2. The Kier molecular flexibility index (Phi) is 8.91. The van der Waals surface area contributed by atoms with E-state index in [0.717, 1.165) is 41.9 Å². The van der Waals surface area contributed by atoms with E-state index in [4.69, 9.17) is 0 Å². The van der Waals surface area contributed by atoms with E-state index in [9.17, 15) is 4.39 Å². The third-order valence-corrected chi connectivity index (χ3v) is 4.62. The van der Waals surface area contributed by atoms with Crippen molar-refractivity contribution in [3.8, 4) is 0 Å². The first-order chi connectivity index (χ1) is 13.5. The van der Waals surface area contributed by atoms with Crippen LogP contribution < -0.4 is 10.6 Å². The van der Waals surface area contributed by atoms with Gasteiger partial charge in [0, 0.05) is 43.8 Å². The van der Waals surface area contributed by atoms with Crippen molar-refractivity contribution >= 4 is 40.8 Å². The zero-order valence-corrected chi connectivity index (χ0v) is 19.5. The molecule has 0 spiro atoms. The molecule has 0 saturated carbocycles. The highest BCUT2D eigenvalue weighted by atomic mass is 127. The number of aliphatic imine (C=N–C) groups is 1. The molecule has 5 nitrogen and oxygen atoms in total. The third-order valence-electron chi connectivity index (χ3n) is 4.62. The smallest absolute Gasteiger partial charge is 0.191 e. The molecule has 0 amide bonds. The molecule has 3 aromatic rings. The molecule has 0 aliphatic carbocycles. The molecule has 29 heavy (non-hydrogen) atoms. The maximum Gasteiger partial charge on any atom is 0.191 e. The van der Waals surface area contributed by atoms with Crippen LogP contribution in [0, 0.1) is 5.82 Å². The van der Waals surface area contributed by atoms with Crippen molar-refractivity contribution in [1.82, 2.24) is 20.5 Å². The van der Waals surface area contributed by atoms with Crippen molar-refractivity contribution in [3.63, 3.8) is 0 Å². The summed E-state index contributed by atoms with van der Waals surface area (Å²) in [6, 6.07) is 13.5. The number of nitrogens with zero attached hydrogens (tertiary/aromatic N) is 2.